The van der Waals surface area contributed by atoms with Gasteiger partial charge in [-0.1, -0.05) is 71.2 Å². The quantitative estimate of drug-likeness (QED) is 0.215. The Balaban J connectivity index is 1.94. The highest BCUT2D eigenvalue weighted by Crippen LogP contribution is 2.33. The van der Waals surface area contributed by atoms with Crippen LogP contribution in [0.3, 0.4) is 0 Å². The molecule has 2 N–H and O–H groups in total. The van der Waals surface area contributed by atoms with Crippen LogP contribution in [-0.4, -0.2) is 25.7 Å². The maximum Gasteiger partial charge on any atom is 0.277 e. The molecule has 3 aromatic rings. The number of nitro benzene ring substituents is 2. The molecule has 0 aliphatic carbocycles. The predicted molar refractivity (Wildman–Crippen MR) is 119 cm³/mol. The van der Waals surface area contributed by atoms with Gasteiger partial charge >= 0.3 is 0 Å². The highest BCUT2D eigenvalue weighted by Gasteiger charge is 2.35. The molecule has 0 fully saturated rings. The lowest BCUT2D eigenvalue weighted by molar-refractivity contribution is -0.394. The van der Waals surface area contributed by atoms with Gasteiger partial charge in [0.05, 0.1) is 21.5 Å². The van der Waals surface area contributed by atoms with Gasteiger partial charge in [0.1, 0.15) is 6.17 Å². The van der Waals surface area contributed by atoms with Gasteiger partial charge in [-0.2, -0.15) is 0 Å². The first-order valence-corrected chi connectivity index (χ1v) is 9.75. The molecule has 0 spiro atoms. The summed E-state index contributed by atoms with van der Waals surface area (Å²) in [5, 5.41) is 29.2. The van der Waals surface area contributed by atoms with E-state index in [1.54, 1.807) is 12.1 Å². The van der Waals surface area contributed by atoms with E-state index < -0.39 is 37.1 Å². The van der Waals surface area contributed by atoms with Crippen molar-refractivity contribution in [1.82, 2.24) is 5.32 Å². The number of fused-ring (bicyclic) bond motifs is 1. The van der Waals surface area contributed by atoms with Crippen molar-refractivity contribution in [1.29, 1.82) is 0 Å². The van der Waals surface area contributed by atoms with E-state index in [0.29, 0.717) is 5.69 Å². The molecule has 0 aliphatic heterocycles. The normalized spacial score (nSPS) is 12.2. The topological polar surface area (TPSA) is 127 Å². The second-order valence-corrected chi connectivity index (χ2v) is 8.74. The third kappa shape index (κ3) is 5.32. The molecule has 3 aromatic carbocycles. The summed E-state index contributed by atoms with van der Waals surface area (Å²) in [5.74, 6) is -0.907. The lowest BCUT2D eigenvalue weighted by Crippen LogP contribution is -2.49. The minimum Gasteiger partial charge on any atom is -0.361 e. The monoisotopic (exact) mass is 482 g/mol. The van der Waals surface area contributed by atoms with Gasteiger partial charge in [0.15, 0.2) is 0 Å². The van der Waals surface area contributed by atoms with E-state index in [1.807, 2.05) is 30.3 Å². The van der Waals surface area contributed by atoms with Gasteiger partial charge in [-0.15, -0.1) is 0 Å². The standard InChI is InChI=1S/C19H13Cl3N4O5/c20-19(21,22)18(23-16-7-3-5-11-4-1-2-6-15(11)16)24-17(27)12-8-13(25(28)29)10-14(9-12)26(30)31/h1-10,18,23H,(H,24,27). The fraction of sp³-hybridized carbons (Fsp3) is 0.105. The Morgan fingerprint density at radius 3 is 2.06 bits per heavy atom. The molecule has 0 saturated heterocycles. The number of nitrogens with zero attached hydrogens (tertiary/aromatic N) is 2. The zero-order valence-electron chi connectivity index (χ0n) is 15.4. The van der Waals surface area contributed by atoms with Crippen LogP contribution < -0.4 is 10.6 Å². The number of halogens is 3. The largest absolute Gasteiger partial charge is 0.361 e. The van der Waals surface area contributed by atoms with Crippen LogP contribution >= 0.6 is 34.8 Å². The molecule has 0 aliphatic rings. The maximum absolute atomic E-state index is 12.7. The molecule has 12 heteroatoms. The van der Waals surface area contributed by atoms with E-state index >= 15 is 0 Å². The highest BCUT2D eigenvalue weighted by molar-refractivity contribution is 6.68. The summed E-state index contributed by atoms with van der Waals surface area (Å²) in [6.07, 6.45) is -1.27. The Kier molecular flexibility index (Phi) is 6.49. The SMILES string of the molecule is O=C(NC(Nc1cccc2ccccc12)C(Cl)(Cl)Cl)c1cc([N+](=O)[O-])cc([N+](=O)[O-])c1. The number of nitro groups is 2. The number of benzene rings is 3. The number of alkyl halides is 3. The maximum atomic E-state index is 12.7. The molecule has 31 heavy (non-hydrogen) atoms. The van der Waals surface area contributed by atoms with Gasteiger partial charge in [-0.3, -0.25) is 25.0 Å². The van der Waals surface area contributed by atoms with Crippen LogP contribution in [-0.2, 0) is 0 Å². The highest BCUT2D eigenvalue weighted by atomic mass is 35.6. The first-order valence-electron chi connectivity index (χ1n) is 8.62. The molecule has 160 valence electrons. The van der Waals surface area contributed by atoms with Crippen molar-refractivity contribution in [2.75, 3.05) is 5.32 Å². The van der Waals surface area contributed by atoms with Gasteiger partial charge < -0.3 is 10.6 Å². The molecule has 3 rings (SSSR count). The summed E-state index contributed by atoms with van der Waals surface area (Å²) >= 11 is 18.1. The van der Waals surface area contributed by atoms with Gasteiger partial charge in [-0.05, 0) is 11.5 Å². The van der Waals surface area contributed by atoms with E-state index in [9.17, 15) is 25.0 Å². The van der Waals surface area contributed by atoms with Crippen molar-refractivity contribution in [3.8, 4) is 0 Å². The molecule has 9 nitrogen and oxygen atoms in total. The summed E-state index contributed by atoms with van der Waals surface area (Å²) in [4.78, 5) is 33.2. The molecule has 0 bridgehead atoms. The van der Waals surface area contributed by atoms with Crippen LogP contribution in [0.25, 0.3) is 10.8 Å². The van der Waals surface area contributed by atoms with Crippen LogP contribution in [0, 0.1) is 20.2 Å². The number of carbonyl (C=O) groups excluding carboxylic acids is 1. The van der Waals surface area contributed by atoms with Gasteiger partial charge in [0, 0.05) is 23.2 Å². The van der Waals surface area contributed by atoms with E-state index in [1.165, 1.54) is 0 Å². The van der Waals surface area contributed by atoms with E-state index in [4.69, 9.17) is 34.8 Å². The molecule has 0 aromatic heterocycles. The number of rotatable bonds is 6. The average molecular weight is 484 g/mol. The first kappa shape index (κ1) is 22.5. The van der Waals surface area contributed by atoms with Crippen molar-refractivity contribution >= 4 is 68.5 Å². The minimum atomic E-state index is -2.03. The summed E-state index contributed by atoms with van der Waals surface area (Å²) in [6.45, 7) is 0. The first-order chi connectivity index (χ1) is 14.6. The lowest BCUT2D eigenvalue weighted by atomic mass is 10.1. The Morgan fingerprint density at radius 2 is 1.48 bits per heavy atom. The number of hydrogen-bond acceptors (Lipinski definition) is 6. The van der Waals surface area contributed by atoms with E-state index in [-0.39, 0.29) is 5.56 Å². The van der Waals surface area contributed by atoms with Crippen LogP contribution in [0.5, 0.6) is 0 Å². The van der Waals surface area contributed by atoms with Crippen LogP contribution in [0.2, 0.25) is 0 Å². The number of carbonyl (C=O) groups is 1. The number of anilines is 1. The minimum absolute atomic E-state index is 0.333. The zero-order valence-corrected chi connectivity index (χ0v) is 17.7. The molecular weight excluding hydrogens is 471 g/mol. The van der Waals surface area contributed by atoms with Crippen molar-refractivity contribution < 1.29 is 14.6 Å². The molecule has 1 unspecified atom stereocenters. The summed E-state index contributed by atoms with van der Waals surface area (Å²) < 4.78 is -2.03. The van der Waals surface area contributed by atoms with Crippen LogP contribution in [0.15, 0.2) is 60.7 Å². The average Bonchev–Trinajstić information content (AvgIpc) is 2.72. The van der Waals surface area contributed by atoms with E-state index in [0.717, 1.165) is 29.0 Å². The second-order valence-electron chi connectivity index (χ2n) is 6.37. The fourth-order valence-corrected chi connectivity index (χ4v) is 3.19. The Hall–Kier alpha value is -3.14. The third-order valence-electron chi connectivity index (χ3n) is 4.28. The van der Waals surface area contributed by atoms with Crippen molar-refractivity contribution in [2.45, 2.75) is 9.96 Å². The molecular formula is C19H13Cl3N4O5. The van der Waals surface area contributed by atoms with Crippen molar-refractivity contribution in [2.24, 2.45) is 0 Å². The second kappa shape index (κ2) is 8.93. The summed E-state index contributed by atoms with van der Waals surface area (Å²) in [5.41, 5.74) is -1.02. The Bertz CT molecular complexity index is 1150. The molecule has 1 amide bonds. The van der Waals surface area contributed by atoms with Gasteiger partial charge in [-0.25, -0.2) is 0 Å². The number of amides is 1. The smallest absolute Gasteiger partial charge is 0.277 e. The number of non-ortho nitro benzene ring substituents is 2. The van der Waals surface area contributed by atoms with Crippen LogP contribution in [0.1, 0.15) is 10.4 Å². The Morgan fingerprint density at radius 1 is 0.903 bits per heavy atom. The molecule has 1 atom stereocenters. The zero-order chi connectivity index (χ0) is 22.8. The Labute approximate surface area is 190 Å². The molecule has 0 saturated carbocycles. The van der Waals surface area contributed by atoms with Crippen molar-refractivity contribution in [3.05, 3.63) is 86.5 Å². The van der Waals surface area contributed by atoms with Crippen LogP contribution in [0.4, 0.5) is 17.1 Å². The number of hydrogen-bond donors (Lipinski definition) is 2. The van der Waals surface area contributed by atoms with Gasteiger partial charge in [0.2, 0.25) is 3.79 Å². The summed E-state index contributed by atoms with van der Waals surface area (Å²) in [7, 11) is 0. The molecule has 0 heterocycles. The fourth-order valence-electron chi connectivity index (χ4n) is 2.86. The number of nitrogens with one attached hydrogen (secondary N) is 2. The predicted octanol–water partition coefficient (Wildman–Crippen LogP) is 5.19. The molecule has 0 radical (unpaired) electrons. The van der Waals surface area contributed by atoms with Crippen molar-refractivity contribution in [3.63, 3.8) is 0 Å². The lowest BCUT2D eigenvalue weighted by Gasteiger charge is -2.28. The van der Waals surface area contributed by atoms with Gasteiger partial charge in [0.25, 0.3) is 17.3 Å². The van der Waals surface area contributed by atoms with E-state index in [2.05, 4.69) is 10.6 Å². The third-order valence-corrected chi connectivity index (χ3v) is 4.93. The summed E-state index contributed by atoms with van der Waals surface area (Å²) in [6, 6.07) is 15.3.